The predicted octanol–water partition coefficient (Wildman–Crippen LogP) is 3.95. The molecule has 0 saturated carbocycles. The lowest BCUT2D eigenvalue weighted by molar-refractivity contribution is 0.0977. The van der Waals surface area contributed by atoms with Crippen molar-refractivity contribution in [2.75, 3.05) is 12.4 Å². The largest absolute Gasteiger partial charge is 0.497 e. The zero-order valence-corrected chi connectivity index (χ0v) is 14.2. The second-order valence-corrected chi connectivity index (χ2v) is 5.82. The molecule has 2 aromatic rings. The SMILES string of the molecule is COc1ccc(NC(=S)NC(=O)c2ccc(C(C)C)cc2)cc1. The summed E-state index contributed by atoms with van der Waals surface area (Å²) in [6.45, 7) is 4.23. The summed E-state index contributed by atoms with van der Waals surface area (Å²) in [5, 5.41) is 5.90. The molecule has 1 amide bonds. The van der Waals surface area contributed by atoms with E-state index in [1.54, 1.807) is 19.2 Å². The van der Waals surface area contributed by atoms with Gasteiger partial charge >= 0.3 is 0 Å². The molecule has 0 bridgehead atoms. The van der Waals surface area contributed by atoms with E-state index in [4.69, 9.17) is 17.0 Å². The molecule has 0 atom stereocenters. The maximum atomic E-state index is 12.2. The van der Waals surface area contributed by atoms with Crippen LogP contribution in [0.25, 0.3) is 0 Å². The van der Waals surface area contributed by atoms with Crippen LogP contribution in [0.4, 0.5) is 5.69 Å². The molecule has 0 fully saturated rings. The first kappa shape index (κ1) is 17.0. The van der Waals surface area contributed by atoms with Crippen LogP contribution >= 0.6 is 12.2 Å². The summed E-state index contributed by atoms with van der Waals surface area (Å²) >= 11 is 5.17. The van der Waals surface area contributed by atoms with Gasteiger partial charge < -0.3 is 10.1 Å². The highest BCUT2D eigenvalue weighted by atomic mass is 32.1. The second kappa shape index (κ2) is 7.74. The first-order chi connectivity index (χ1) is 11.0. The molecule has 2 aromatic carbocycles. The Morgan fingerprint density at radius 2 is 1.65 bits per heavy atom. The summed E-state index contributed by atoms with van der Waals surface area (Å²) in [4.78, 5) is 12.2. The lowest BCUT2D eigenvalue weighted by Gasteiger charge is -2.11. The molecule has 0 aromatic heterocycles. The van der Waals surface area contributed by atoms with Crippen LogP contribution in [-0.4, -0.2) is 18.1 Å². The number of carbonyl (C=O) groups is 1. The Labute approximate surface area is 141 Å². The van der Waals surface area contributed by atoms with Crippen LogP contribution < -0.4 is 15.4 Å². The molecule has 120 valence electrons. The van der Waals surface area contributed by atoms with Crippen molar-refractivity contribution >= 4 is 28.9 Å². The fraction of sp³-hybridized carbons (Fsp3) is 0.222. The number of ether oxygens (including phenoxy) is 1. The molecule has 0 saturated heterocycles. The first-order valence-corrected chi connectivity index (χ1v) is 7.76. The van der Waals surface area contributed by atoms with Crippen molar-refractivity contribution in [3.8, 4) is 5.75 Å². The Hall–Kier alpha value is -2.40. The van der Waals surface area contributed by atoms with Gasteiger partial charge in [-0.25, -0.2) is 0 Å². The molecule has 0 aliphatic rings. The number of hydrogen-bond acceptors (Lipinski definition) is 3. The van der Waals surface area contributed by atoms with Gasteiger partial charge in [0.1, 0.15) is 5.75 Å². The summed E-state index contributed by atoms with van der Waals surface area (Å²) < 4.78 is 5.09. The third kappa shape index (κ3) is 4.79. The standard InChI is InChI=1S/C18H20N2O2S/c1-12(2)13-4-6-14(7-5-13)17(21)20-18(23)19-15-8-10-16(22-3)11-9-15/h4-12H,1-3H3,(H2,19,20,21,23). The number of hydrogen-bond donors (Lipinski definition) is 2. The van der Waals surface area contributed by atoms with Gasteiger partial charge in [0.05, 0.1) is 7.11 Å². The van der Waals surface area contributed by atoms with Crippen LogP contribution in [0.1, 0.15) is 35.7 Å². The molecule has 0 aliphatic heterocycles. The molecule has 0 heterocycles. The second-order valence-electron chi connectivity index (χ2n) is 5.41. The number of anilines is 1. The Balaban J connectivity index is 1.94. The van der Waals surface area contributed by atoms with E-state index in [0.717, 1.165) is 11.4 Å². The minimum Gasteiger partial charge on any atom is -0.497 e. The van der Waals surface area contributed by atoms with E-state index in [1.165, 1.54) is 5.56 Å². The van der Waals surface area contributed by atoms with Crippen molar-refractivity contribution < 1.29 is 9.53 Å². The summed E-state index contributed by atoms with van der Waals surface area (Å²) in [7, 11) is 1.61. The molecule has 23 heavy (non-hydrogen) atoms. The highest BCUT2D eigenvalue weighted by molar-refractivity contribution is 7.80. The minimum absolute atomic E-state index is 0.230. The Bertz CT molecular complexity index is 679. The van der Waals surface area contributed by atoms with Crippen LogP contribution in [0, 0.1) is 0 Å². The summed E-state index contributed by atoms with van der Waals surface area (Å²) in [6.07, 6.45) is 0. The van der Waals surface area contributed by atoms with Crippen LogP contribution in [0.5, 0.6) is 5.75 Å². The molecule has 0 radical (unpaired) electrons. The molecule has 0 spiro atoms. The van der Waals surface area contributed by atoms with Gasteiger partial charge in [0.2, 0.25) is 0 Å². The lowest BCUT2D eigenvalue weighted by Crippen LogP contribution is -2.34. The van der Waals surface area contributed by atoms with Gasteiger partial charge in [-0.05, 0) is 60.1 Å². The maximum absolute atomic E-state index is 12.2. The lowest BCUT2D eigenvalue weighted by atomic mass is 10.0. The summed E-state index contributed by atoms with van der Waals surface area (Å²) in [6, 6.07) is 14.8. The number of benzene rings is 2. The van der Waals surface area contributed by atoms with Gasteiger partial charge in [-0.3, -0.25) is 10.1 Å². The molecule has 0 aliphatic carbocycles. The molecule has 4 nitrogen and oxygen atoms in total. The fourth-order valence-corrected chi connectivity index (χ4v) is 2.24. The zero-order valence-electron chi connectivity index (χ0n) is 13.4. The van der Waals surface area contributed by atoms with Crippen molar-refractivity contribution in [1.29, 1.82) is 0 Å². The van der Waals surface area contributed by atoms with Crippen molar-refractivity contribution in [1.82, 2.24) is 5.32 Å². The van der Waals surface area contributed by atoms with E-state index in [1.807, 2.05) is 36.4 Å². The van der Waals surface area contributed by atoms with Crippen molar-refractivity contribution in [3.05, 3.63) is 59.7 Å². The zero-order chi connectivity index (χ0) is 16.8. The van der Waals surface area contributed by atoms with Crippen molar-refractivity contribution in [2.24, 2.45) is 0 Å². The topological polar surface area (TPSA) is 50.4 Å². The molecule has 2 rings (SSSR count). The highest BCUT2D eigenvalue weighted by Crippen LogP contribution is 2.16. The van der Waals surface area contributed by atoms with Crippen molar-refractivity contribution in [3.63, 3.8) is 0 Å². The van der Waals surface area contributed by atoms with Gasteiger partial charge in [-0.2, -0.15) is 0 Å². The number of nitrogens with one attached hydrogen (secondary N) is 2. The molecule has 5 heteroatoms. The van der Waals surface area contributed by atoms with Gasteiger partial charge in [0, 0.05) is 11.3 Å². The van der Waals surface area contributed by atoms with Gasteiger partial charge in [0.25, 0.3) is 5.91 Å². The van der Waals surface area contributed by atoms with Crippen LogP contribution in [-0.2, 0) is 0 Å². The van der Waals surface area contributed by atoms with Gasteiger partial charge in [-0.15, -0.1) is 0 Å². The average Bonchev–Trinajstić information content (AvgIpc) is 2.55. The van der Waals surface area contributed by atoms with E-state index in [9.17, 15) is 4.79 Å². The number of methoxy groups -OCH3 is 1. The molecular weight excluding hydrogens is 308 g/mol. The number of thiocarbonyl (C=S) groups is 1. The fourth-order valence-electron chi connectivity index (χ4n) is 2.03. The highest BCUT2D eigenvalue weighted by Gasteiger charge is 2.08. The van der Waals surface area contributed by atoms with E-state index in [2.05, 4.69) is 24.5 Å². The number of amides is 1. The van der Waals surface area contributed by atoms with Crippen LogP contribution in [0.15, 0.2) is 48.5 Å². The molecule has 0 unspecified atom stereocenters. The number of carbonyl (C=O) groups excluding carboxylic acids is 1. The monoisotopic (exact) mass is 328 g/mol. The van der Waals surface area contributed by atoms with E-state index >= 15 is 0 Å². The Morgan fingerprint density at radius 1 is 1.04 bits per heavy atom. The van der Waals surface area contributed by atoms with E-state index in [-0.39, 0.29) is 11.0 Å². The molecule has 2 N–H and O–H groups in total. The quantitative estimate of drug-likeness (QED) is 0.835. The third-order valence-electron chi connectivity index (χ3n) is 3.41. The Kier molecular flexibility index (Phi) is 5.71. The third-order valence-corrected chi connectivity index (χ3v) is 3.62. The maximum Gasteiger partial charge on any atom is 0.257 e. The Morgan fingerprint density at radius 3 is 2.17 bits per heavy atom. The van der Waals surface area contributed by atoms with Gasteiger partial charge in [-0.1, -0.05) is 26.0 Å². The average molecular weight is 328 g/mol. The van der Waals surface area contributed by atoms with Crippen LogP contribution in [0.3, 0.4) is 0 Å². The summed E-state index contributed by atoms with van der Waals surface area (Å²) in [5.41, 5.74) is 2.56. The van der Waals surface area contributed by atoms with E-state index < -0.39 is 0 Å². The summed E-state index contributed by atoms with van der Waals surface area (Å²) in [5.74, 6) is 0.965. The van der Waals surface area contributed by atoms with Gasteiger partial charge in [0.15, 0.2) is 5.11 Å². The van der Waals surface area contributed by atoms with Crippen LogP contribution in [0.2, 0.25) is 0 Å². The smallest absolute Gasteiger partial charge is 0.257 e. The predicted molar refractivity (Wildman–Crippen MR) is 97.2 cm³/mol. The minimum atomic E-state index is -0.230. The van der Waals surface area contributed by atoms with Crippen molar-refractivity contribution in [2.45, 2.75) is 19.8 Å². The molecular formula is C18H20N2O2S. The first-order valence-electron chi connectivity index (χ1n) is 7.36. The normalized spacial score (nSPS) is 10.3. The number of rotatable bonds is 4. The van der Waals surface area contributed by atoms with E-state index in [0.29, 0.717) is 11.5 Å².